The van der Waals surface area contributed by atoms with E-state index in [4.69, 9.17) is 18.9 Å². The Kier molecular flexibility index (Phi) is 7.72. The Bertz CT molecular complexity index is 715. The molecule has 1 aromatic carbocycles. The molecule has 2 aliphatic rings. The fourth-order valence-corrected chi connectivity index (χ4v) is 3.23. The highest BCUT2D eigenvalue weighted by molar-refractivity contribution is 5.22. The highest BCUT2D eigenvalue weighted by atomic mass is 16.7. The van der Waals surface area contributed by atoms with E-state index in [1.165, 1.54) is 0 Å². The van der Waals surface area contributed by atoms with Crippen LogP contribution in [0.3, 0.4) is 0 Å². The summed E-state index contributed by atoms with van der Waals surface area (Å²) in [4.78, 5) is 0. The topological polar surface area (TPSA) is 182 Å². The number of hydrogen-bond donors (Lipinski definition) is 6. The van der Waals surface area contributed by atoms with Crippen molar-refractivity contribution < 1.29 is 49.6 Å². The third-order valence-electron chi connectivity index (χ3n) is 5.04. The van der Waals surface area contributed by atoms with Gasteiger partial charge in [-0.3, -0.25) is 0 Å². The van der Waals surface area contributed by atoms with E-state index >= 15 is 0 Å². The second-order valence-electron chi connectivity index (χ2n) is 7.15. The van der Waals surface area contributed by atoms with Gasteiger partial charge in [0.15, 0.2) is 18.7 Å². The van der Waals surface area contributed by atoms with Crippen molar-refractivity contribution in [1.82, 2.24) is 0 Å². The van der Waals surface area contributed by atoms with Crippen LogP contribution in [0.5, 0.6) is 0 Å². The van der Waals surface area contributed by atoms with Gasteiger partial charge in [-0.15, -0.1) is 0 Å². The standard InChI is InChI=1S/C19H25NO10/c20-6-11(9-4-2-1-3-5-9)29-19-17(26)15(24)14(23)12(30-19)8-28-18-16(25)13(22)10(21)7-27-18/h1-5,10-19,21-26H,7-8H2/t10-,11-,12+,13-,14-,15+,16+,17+,18+,19+/m1/s1. The van der Waals surface area contributed by atoms with E-state index in [9.17, 15) is 35.9 Å². The molecule has 2 aliphatic heterocycles. The number of aliphatic hydroxyl groups is 6. The molecule has 3 rings (SSSR count). The van der Waals surface area contributed by atoms with Gasteiger partial charge in [-0.05, 0) is 5.56 Å². The Morgan fingerprint density at radius 1 is 0.933 bits per heavy atom. The molecule has 166 valence electrons. The van der Waals surface area contributed by atoms with E-state index in [-0.39, 0.29) is 6.61 Å². The first-order chi connectivity index (χ1) is 14.3. The molecule has 0 aliphatic carbocycles. The number of nitrogens with zero attached hydrogens (tertiary/aromatic N) is 1. The van der Waals surface area contributed by atoms with E-state index in [0.717, 1.165) is 0 Å². The lowest BCUT2D eigenvalue weighted by Gasteiger charge is -2.41. The fraction of sp³-hybridized carbons (Fsp3) is 0.632. The molecule has 0 spiro atoms. The van der Waals surface area contributed by atoms with E-state index in [1.54, 1.807) is 30.3 Å². The van der Waals surface area contributed by atoms with Gasteiger partial charge in [-0.25, -0.2) is 0 Å². The van der Waals surface area contributed by atoms with Crippen LogP contribution in [-0.4, -0.2) is 99.2 Å². The maximum Gasteiger partial charge on any atom is 0.188 e. The summed E-state index contributed by atoms with van der Waals surface area (Å²) < 4.78 is 21.5. The number of hydrogen-bond acceptors (Lipinski definition) is 11. The van der Waals surface area contributed by atoms with Crippen LogP contribution in [0, 0.1) is 11.3 Å². The molecule has 1 aromatic rings. The quantitative estimate of drug-likeness (QED) is 0.283. The maximum absolute atomic E-state index is 10.2. The Morgan fingerprint density at radius 3 is 2.27 bits per heavy atom. The number of benzene rings is 1. The molecule has 2 fully saturated rings. The first kappa shape index (κ1) is 23.0. The van der Waals surface area contributed by atoms with Crippen LogP contribution in [0.2, 0.25) is 0 Å². The maximum atomic E-state index is 10.2. The smallest absolute Gasteiger partial charge is 0.188 e. The average molecular weight is 427 g/mol. The van der Waals surface area contributed by atoms with Gasteiger partial charge in [0.1, 0.15) is 42.7 Å². The summed E-state index contributed by atoms with van der Waals surface area (Å²) >= 11 is 0. The second kappa shape index (κ2) is 10.1. The Hall–Kier alpha value is -1.69. The van der Waals surface area contributed by atoms with Crippen LogP contribution < -0.4 is 0 Å². The number of nitriles is 1. The van der Waals surface area contributed by atoms with Gasteiger partial charge in [-0.2, -0.15) is 5.26 Å². The number of ether oxygens (including phenoxy) is 4. The van der Waals surface area contributed by atoms with Crippen molar-refractivity contribution in [1.29, 1.82) is 5.26 Å². The minimum Gasteiger partial charge on any atom is -0.388 e. The Balaban J connectivity index is 1.63. The van der Waals surface area contributed by atoms with Crippen LogP contribution in [0.4, 0.5) is 0 Å². The predicted octanol–water partition coefficient (Wildman–Crippen LogP) is -2.47. The van der Waals surface area contributed by atoms with Crippen molar-refractivity contribution >= 4 is 0 Å². The van der Waals surface area contributed by atoms with Crippen LogP contribution in [0.15, 0.2) is 30.3 Å². The number of rotatable bonds is 6. The molecular formula is C19H25NO10. The SMILES string of the molecule is N#C[C@@H](O[C@H]1O[C@@H](CO[C@@H]2OC[C@@H](O)[C@@H](O)[C@@H]2O)[C@@H](O)[C@H](O)[C@@H]1O)c1ccccc1. The van der Waals surface area contributed by atoms with Crippen molar-refractivity contribution in [3.05, 3.63) is 35.9 Å². The van der Waals surface area contributed by atoms with Crippen molar-refractivity contribution in [2.75, 3.05) is 13.2 Å². The average Bonchev–Trinajstić information content (AvgIpc) is 2.76. The number of aliphatic hydroxyl groups excluding tert-OH is 6. The Labute approximate surface area is 172 Å². The zero-order valence-electron chi connectivity index (χ0n) is 15.8. The summed E-state index contributed by atoms with van der Waals surface area (Å²) in [7, 11) is 0. The van der Waals surface area contributed by atoms with Crippen LogP contribution in [-0.2, 0) is 18.9 Å². The van der Waals surface area contributed by atoms with E-state index in [0.29, 0.717) is 5.56 Å². The van der Waals surface area contributed by atoms with Crippen LogP contribution in [0.1, 0.15) is 11.7 Å². The van der Waals surface area contributed by atoms with Gasteiger partial charge in [0.2, 0.25) is 0 Å². The highest BCUT2D eigenvalue weighted by Gasteiger charge is 2.46. The Morgan fingerprint density at radius 2 is 1.60 bits per heavy atom. The molecule has 0 amide bonds. The molecule has 0 unspecified atom stereocenters. The molecule has 2 saturated heterocycles. The molecule has 10 atom stereocenters. The summed E-state index contributed by atoms with van der Waals surface area (Å²) in [6.45, 7) is -0.678. The van der Waals surface area contributed by atoms with Crippen molar-refractivity contribution in [3.8, 4) is 6.07 Å². The molecule has 6 N–H and O–H groups in total. The molecule has 0 radical (unpaired) electrons. The van der Waals surface area contributed by atoms with E-state index in [1.807, 2.05) is 6.07 Å². The minimum absolute atomic E-state index is 0.273. The molecule has 0 saturated carbocycles. The lowest BCUT2D eigenvalue weighted by atomic mass is 9.99. The largest absolute Gasteiger partial charge is 0.388 e. The van der Waals surface area contributed by atoms with Gasteiger partial charge in [0.25, 0.3) is 0 Å². The molecule has 11 nitrogen and oxygen atoms in total. The molecule has 2 heterocycles. The molecular weight excluding hydrogens is 402 g/mol. The third kappa shape index (κ3) is 4.96. The lowest BCUT2D eigenvalue weighted by Crippen LogP contribution is -2.60. The summed E-state index contributed by atoms with van der Waals surface area (Å²) in [5, 5.41) is 69.0. The van der Waals surface area contributed by atoms with E-state index < -0.39 is 68.0 Å². The highest BCUT2D eigenvalue weighted by Crippen LogP contribution is 2.28. The van der Waals surface area contributed by atoms with Gasteiger partial charge in [0, 0.05) is 0 Å². The fourth-order valence-electron chi connectivity index (χ4n) is 3.23. The van der Waals surface area contributed by atoms with Crippen molar-refractivity contribution in [2.45, 2.75) is 61.4 Å². The van der Waals surface area contributed by atoms with Gasteiger partial charge in [-0.1, -0.05) is 30.3 Å². The van der Waals surface area contributed by atoms with Crippen LogP contribution in [0.25, 0.3) is 0 Å². The lowest BCUT2D eigenvalue weighted by molar-refractivity contribution is -0.325. The third-order valence-corrected chi connectivity index (χ3v) is 5.04. The molecule has 0 aromatic heterocycles. The van der Waals surface area contributed by atoms with Gasteiger partial charge in [0.05, 0.1) is 19.3 Å². The van der Waals surface area contributed by atoms with Crippen molar-refractivity contribution in [2.24, 2.45) is 0 Å². The summed E-state index contributed by atoms with van der Waals surface area (Å²) in [6, 6.07) is 10.4. The zero-order chi connectivity index (χ0) is 21.8. The van der Waals surface area contributed by atoms with Crippen LogP contribution >= 0.6 is 0 Å². The molecule has 30 heavy (non-hydrogen) atoms. The predicted molar refractivity (Wildman–Crippen MR) is 96.3 cm³/mol. The monoisotopic (exact) mass is 427 g/mol. The first-order valence-corrected chi connectivity index (χ1v) is 9.40. The van der Waals surface area contributed by atoms with E-state index in [2.05, 4.69) is 0 Å². The summed E-state index contributed by atoms with van der Waals surface area (Å²) in [6.07, 6.45) is -14.2. The zero-order valence-corrected chi connectivity index (χ0v) is 15.8. The second-order valence-corrected chi connectivity index (χ2v) is 7.15. The molecule has 0 bridgehead atoms. The van der Waals surface area contributed by atoms with Crippen molar-refractivity contribution in [3.63, 3.8) is 0 Å². The first-order valence-electron chi connectivity index (χ1n) is 9.40. The summed E-state index contributed by atoms with van der Waals surface area (Å²) in [5.74, 6) is 0. The molecule has 11 heteroatoms. The van der Waals surface area contributed by atoms with Gasteiger partial charge >= 0.3 is 0 Å². The summed E-state index contributed by atoms with van der Waals surface area (Å²) in [5.41, 5.74) is 0.510. The minimum atomic E-state index is -1.66. The van der Waals surface area contributed by atoms with Gasteiger partial charge < -0.3 is 49.6 Å². The normalized spacial score (nSPS) is 40.5.